The quantitative estimate of drug-likeness (QED) is 0.153. The van der Waals surface area contributed by atoms with Crippen molar-refractivity contribution in [1.29, 1.82) is 0 Å². The van der Waals surface area contributed by atoms with Crippen LogP contribution in [0.15, 0.2) is 0 Å². The van der Waals surface area contributed by atoms with Crippen LogP contribution < -0.4 is 11.1 Å². The summed E-state index contributed by atoms with van der Waals surface area (Å²) < 4.78 is 9.53. The van der Waals surface area contributed by atoms with Crippen molar-refractivity contribution in [2.75, 3.05) is 19.8 Å². The molecule has 2 aliphatic rings. The van der Waals surface area contributed by atoms with Gasteiger partial charge in [0.2, 0.25) is 5.91 Å². The van der Waals surface area contributed by atoms with Crippen LogP contribution in [0.2, 0.25) is 0 Å². The first-order valence-corrected chi connectivity index (χ1v) is 9.99. The van der Waals surface area contributed by atoms with Crippen molar-refractivity contribution in [1.82, 2.24) is 5.32 Å². The van der Waals surface area contributed by atoms with Gasteiger partial charge in [0, 0.05) is 6.42 Å². The highest BCUT2D eigenvalue weighted by atomic mass is 16.7. The lowest BCUT2D eigenvalue weighted by atomic mass is 9.88. The van der Waals surface area contributed by atoms with E-state index < -0.39 is 105 Å². The van der Waals surface area contributed by atoms with Crippen LogP contribution in [-0.4, -0.2) is 155 Å². The van der Waals surface area contributed by atoms with Crippen molar-refractivity contribution in [2.24, 2.45) is 5.73 Å². The molecule has 3 unspecified atom stereocenters. The Labute approximate surface area is 192 Å². The Bertz CT molecular complexity index is 666. The molecule has 2 aliphatic heterocycles. The minimum Gasteiger partial charge on any atom is -0.477 e. The molecule has 200 valence electrons. The molecular formula is C17H32N2O15. The molecule has 2 rings (SSSR count). The molecule has 0 aromatic carbocycles. The molecule has 0 radical (unpaired) electrons. The third kappa shape index (κ3) is 7.21. The number of rotatable bonds is 7. The van der Waals surface area contributed by atoms with Gasteiger partial charge in [-0.05, 0) is 0 Å². The second-order valence-corrected chi connectivity index (χ2v) is 7.74. The number of nitrogens with one attached hydrogen (secondary N) is 1. The number of carbonyl (C=O) groups is 2. The van der Waals surface area contributed by atoms with Crippen molar-refractivity contribution in [3.05, 3.63) is 0 Å². The van der Waals surface area contributed by atoms with Gasteiger partial charge in [0.25, 0.3) is 5.79 Å². The number of ether oxygens (including phenoxy) is 2. The van der Waals surface area contributed by atoms with Gasteiger partial charge in [-0.2, -0.15) is 0 Å². The zero-order chi connectivity index (χ0) is 26.4. The number of aliphatic hydroxyl groups excluding tert-OH is 9. The van der Waals surface area contributed by atoms with Crippen molar-refractivity contribution in [3.8, 4) is 0 Å². The van der Waals surface area contributed by atoms with Crippen LogP contribution >= 0.6 is 0 Å². The molecule has 1 amide bonds. The van der Waals surface area contributed by atoms with Gasteiger partial charge < -0.3 is 76.7 Å². The van der Waals surface area contributed by atoms with Crippen molar-refractivity contribution < 1.29 is 75.2 Å². The van der Waals surface area contributed by atoms with Gasteiger partial charge in [0.15, 0.2) is 6.29 Å². The van der Waals surface area contributed by atoms with Crippen molar-refractivity contribution in [3.63, 3.8) is 0 Å². The molecule has 17 nitrogen and oxygen atoms in total. The molecule has 0 aliphatic carbocycles. The minimum atomic E-state index is -2.85. The van der Waals surface area contributed by atoms with Crippen LogP contribution in [0.3, 0.4) is 0 Å². The van der Waals surface area contributed by atoms with Crippen LogP contribution in [0.25, 0.3) is 0 Å². The van der Waals surface area contributed by atoms with Crippen molar-refractivity contribution in [2.45, 2.75) is 73.3 Å². The van der Waals surface area contributed by atoms with Crippen LogP contribution in [0.4, 0.5) is 0 Å². The molecule has 2 fully saturated rings. The average molecular weight is 504 g/mol. The summed E-state index contributed by atoms with van der Waals surface area (Å²) in [7, 11) is 0. The number of amides is 1. The van der Waals surface area contributed by atoms with Crippen LogP contribution in [0.5, 0.6) is 0 Å². The van der Waals surface area contributed by atoms with E-state index in [-0.39, 0.29) is 0 Å². The van der Waals surface area contributed by atoms with E-state index in [1.54, 1.807) is 0 Å². The second kappa shape index (κ2) is 12.9. The molecular weight excluding hydrogens is 472 g/mol. The monoisotopic (exact) mass is 504 g/mol. The van der Waals surface area contributed by atoms with E-state index in [0.29, 0.717) is 0 Å². The van der Waals surface area contributed by atoms with Gasteiger partial charge in [-0.15, -0.1) is 0 Å². The van der Waals surface area contributed by atoms with E-state index in [0.717, 1.165) is 0 Å². The number of carboxylic acids is 1. The zero-order valence-corrected chi connectivity index (χ0v) is 17.7. The summed E-state index contributed by atoms with van der Waals surface area (Å²) in [5, 5.41) is 104. The van der Waals surface area contributed by atoms with Crippen molar-refractivity contribution >= 4 is 11.9 Å². The summed E-state index contributed by atoms with van der Waals surface area (Å²) in [6, 6.07) is -2.46. The predicted octanol–water partition coefficient (Wildman–Crippen LogP) is -8.15. The lowest BCUT2D eigenvalue weighted by Crippen LogP contribution is -2.67. The Morgan fingerprint density at radius 3 is 2.15 bits per heavy atom. The lowest BCUT2D eigenvalue weighted by molar-refractivity contribution is -0.295. The van der Waals surface area contributed by atoms with Gasteiger partial charge in [0.05, 0.1) is 31.4 Å². The van der Waals surface area contributed by atoms with E-state index in [9.17, 15) is 40.2 Å². The zero-order valence-electron chi connectivity index (χ0n) is 17.7. The SMILES string of the molecule is N[C@H]1C(O)O[C@H](CO)[C@@H](O)[C@@H]1O.O=C(CO)N[C@@H]1[C@@H](O)C[C@](O)(C(=O)O)O[C@H]1C(O)C(O)CO. The number of carboxylic acid groups (broad SMARTS) is 1. The number of nitrogens with two attached hydrogens (primary N) is 1. The highest BCUT2D eigenvalue weighted by Crippen LogP contribution is 2.30. The summed E-state index contributed by atoms with van der Waals surface area (Å²) in [6.45, 7) is -2.33. The van der Waals surface area contributed by atoms with Crippen LogP contribution in [-0.2, 0) is 19.1 Å². The third-order valence-electron chi connectivity index (χ3n) is 5.26. The van der Waals surface area contributed by atoms with Gasteiger partial charge >= 0.3 is 5.97 Å². The average Bonchev–Trinajstić information content (AvgIpc) is 2.80. The first kappa shape index (κ1) is 30.5. The van der Waals surface area contributed by atoms with Gasteiger partial charge in [-0.3, -0.25) is 4.79 Å². The fourth-order valence-corrected chi connectivity index (χ4v) is 3.25. The summed E-state index contributed by atoms with van der Waals surface area (Å²) in [5.74, 6) is -5.64. The fourth-order valence-electron chi connectivity index (χ4n) is 3.25. The highest BCUT2D eigenvalue weighted by Gasteiger charge is 2.54. The van der Waals surface area contributed by atoms with Gasteiger partial charge in [0.1, 0.15) is 43.2 Å². The van der Waals surface area contributed by atoms with Crippen LogP contribution in [0, 0.1) is 0 Å². The number of hydrogen-bond acceptors (Lipinski definition) is 15. The smallest absolute Gasteiger partial charge is 0.364 e. The summed E-state index contributed by atoms with van der Waals surface area (Å²) >= 11 is 0. The standard InChI is InChI=1S/C11H19NO10.C6H13NO5/c13-2-5(16)8(18)9-7(12-6(17)3-14)4(15)1-11(21,22-9)10(19)20;7-3-5(10)4(9)2(1-8)12-6(3)11/h4-5,7-9,13-16,18,21H,1-3H2,(H,12,17)(H,19,20);2-6,8-11H,1,7H2/t4-,5?,7+,8?,9+,11+;2-,3-,4-,5-,6?/m01/s1. The molecule has 0 aromatic heterocycles. The maximum Gasteiger partial charge on any atom is 0.364 e. The summed E-state index contributed by atoms with van der Waals surface area (Å²) in [6.07, 6.45) is -12.8. The molecule has 2 saturated heterocycles. The summed E-state index contributed by atoms with van der Waals surface area (Å²) in [4.78, 5) is 22.2. The Morgan fingerprint density at radius 2 is 1.68 bits per heavy atom. The maximum absolute atomic E-state index is 11.2. The molecule has 0 aromatic rings. The van der Waals surface area contributed by atoms with Gasteiger partial charge in [-0.1, -0.05) is 0 Å². The first-order chi connectivity index (χ1) is 15.7. The lowest BCUT2D eigenvalue weighted by Gasteiger charge is -2.44. The molecule has 17 heteroatoms. The Hall–Kier alpha value is -1.58. The molecule has 34 heavy (non-hydrogen) atoms. The molecule has 2 heterocycles. The third-order valence-corrected chi connectivity index (χ3v) is 5.26. The number of hydrogen-bond donors (Lipinski definition) is 13. The number of carbonyl (C=O) groups excluding carboxylic acids is 1. The largest absolute Gasteiger partial charge is 0.477 e. The highest BCUT2D eigenvalue weighted by molar-refractivity contribution is 5.78. The Morgan fingerprint density at radius 1 is 1.09 bits per heavy atom. The Balaban J connectivity index is 0.000000404. The fraction of sp³-hybridized carbons (Fsp3) is 0.882. The molecule has 0 saturated carbocycles. The normalized spacial score (nSPS) is 39.9. The summed E-state index contributed by atoms with van der Waals surface area (Å²) in [5.41, 5.74) is 5.26. The predicted molar refractivity (Wildman–Crippen MR) is 104 cm³/mol. The second-order valence-electron chi connectivity index (χ2n) is 7.74. The van der Waals surface area contributed by atoms with Crippen LogP contribution in [0.1, 0.15) is 6.42 Å². The van der Waals surface area contributed by atoms with E-state index in [1.807, 2.05) is 0 Å². The van der Waals surface area contributed by atoms with E-state index >= 15 is 0 Å². The molecule has 11 atom stereocenters. The van der Waals surface area contributed by atoms with E-state index in [2.05, 4.69) is 5.32 Å². The molecule has 0 bridgehead atoms. The maximum atomic E-state index is 11.2. The van der Waals surface area contributed by atoms with E-state index in [4.69, 9.17) is 40.7 Å². The topological polar surface area (TPSA) is 313 Å². The molecule has 0 spiro atoms. The Kier molecular flexibility index (Phi) is 11.6. The first-order valence-electron chi connectivity index (χ1n) is 9.99. The molecule has 14 N–H and O–H groups in total. The number of aliphatic carboxylic acids is 1. The van der Waals surface area contributed by atoms with E-state index in [1.165, 1.54) is 0 Å². The minimum absolute atomic E-state index is 0.470. The van der Waals surface area contributed by atoms with Gasteiger partial charge in [-0.25, -0.2) is 4.79 Å². The number of aliphatic hydroxyl groups is 10.